The maximum absolute atomic E-state index is 5.94. The van der Waals surface area contributed by atoms with Gasteiger partial charge in [-0.3, -0.25) is 4.90 Å². The molecule has 1 aromatic carbocycles. The average Bonchev–Trinajstić information content (AvgIpc) is 2.46. The first-order valence-electron chi connectivity index (χ1n) is 8.07. The van der Waals surface area contributed by atoms with Crippen LogP contribution in [0, 0.1) is 13.8 Å². The number of likely N-dealkylation sites (tertiary alicyclic amines) is 1. The molecule has 3 nitrogen and oxygen atoms in total. The van der Waals surface area contributed by atoms with E-state index in [1.165, 1.54) is 42.5 Å². The second kappa shape index (κ2) is 7.81. The van der Waals surface area contributed by atoms with Crippen LogP contribution in [0.25, 0.3) is 0 Å². The van der Waals surface area contributed by atoms with E-state index in [0.717, 1.165) is 12.3 Å². The first-order valence-corrected chi connectivity index (χ1v) is 8.07. The van der Waals surface area contributed by atoms with Crippen LogP contribution in [0.4, 0.5) is 0 Å². The Morgan fingerprint density at radius 3 is 2.62 bits per heavy atom. The van der Waals surface area contributed by atoms with Gasteiger partial charge >= 0.3 is 0 Å². The lowest BCUT2D eigenvalue weighted by Gasteiger charge is -2.33. The highest BCUT2D eigenvalue weighted by Crippen LogP contribution is 2.27. The Bertz CT molecular complexity index is 459. The summed E-state index contributed by atoms with van der Waals surface area (Å²) in [5.74, 6) is 1.02. The molecule has 1 atom stereocenters. The van der Waals surface area contributed by atoms with Gasteiger partial charge in [0.25, 0.3) is 0 Å². The minimum absolute atomic E-state index is 0.613. The van der Waals surface area contributed by atoms with E-state index in [2.05, 4.69) is 37.8 Å². The van der Waals surface area contributed by atoms with E-state index in [0.29, 0.717) is 19.3 Å². The molecule has 1 heterocycles. The SMILES string of the molecule is COCCOc1cc(C)c(C)cc1CN1CCCC[C@H]1C. The predicted octanol–water partition coefficient (Wildman–Crippen LogP) is 3.70. The van der Waals surface area contributed by atoms with Crippen molar-refractivity contribution in [3.63, 3.8) is 0 Å². The second-order valence-electron chi connectivity index (χ2n) is 6.20. The Morgan fingerprint density at radius 1 is 1.14 bits per heavy atom. The molecular weight excluding hydrogens is 262 g/mol. The van der Waals surface area contributed by atoms with Crippen molar-refractivity contribution in [3.8, 4) is 5.75 Å². The lowest BCUT2D eigenvalue weighted by molar-refractivity contribution is 0.138. The van der Waals surface area contributed by atoms with Crippen LogP contribution in [0.15, 0.2) is 12.1 Å². The molecule has 0 unspecified atom stereocenters. The van der Waals surface area contributed by atoms with E-state index in [9.17, 15) is 0 Å². The molecule has 118 valence electrons. The van der Waals surface area contributed by atoms with Crippen molar-refractivity contribution >= 4 is 0 Å². The summed E-state index contributed by atoms with van der Waals surface area (Å²) in [5.41, 5.74) is 3.94. The minimum atomic E-state index is 0.613. The predicted molar refractivity (Wildman–Crippen MR) is 87.0 cm³/mol. The van der Waals surface area contributed by atoms with E-state index >= 15 is 0 Å². The van der Waals surface area contributed by atoms with E-state index in [-0.39, 0.29) is 0 Å². The maximum atomic E-state index is 5.94. The molecule has 1 aromatic rings. The fourth-order valence-corrected chi connectivity index (χ4v) is 2.95. The summed E-state index contributed by atoms with van der Waals surface area (Å²) in [6, 6.07) is 5.14. The number of methoxy groups -OCH3 is 1. The van der Waals surface area contributed by atoms with Crippen LogP contribution in [0.2, 0.25) is 0 Å². The summed E-state index contributed by atoms with van der Waals surface area (Å²) < 4.78 is 11.0. The molecule has 0 bridgehead atoms. The van der Waals surface area contributed by atoms with Crippen molar-refractivity contribution in [1.82, 2.24) is 4.90 Å². The highest BCUT2D eigenvalue weighted by molar-refractivity contribution is 5.41. The van der Waals surface area contributed by atoms with Gasteiger partial charge in [-0.25, -0.2) is 0 Å². The number of hydrogen-bond donors (Lipinski definition) is 0. The molecule has 21 heavy (non-hydrogen) atoms. The third-order valence-electron chi connectivity index (χ3n) is 4.54. The van der Waals surface area contributed by atoms with E-state index in [1.54, 1.807) is 7.11 Å². The minimum Gasteiger partial charge on any atom is -0.491 e. The Morgan fingerprint density at radius 2 is 1.90 bits per heavy atom. The van der Waals surface area contributed by atoms with E-state index in [4.69, 9.17) is 9.47 Å². The molecule has 1 aliphatic heterocycles. The van der Waals surface area contributed by atoms with Crippen molar-refractivity contribution in [1.29, 1.82) is 0 Å². The molecule has 1 saturated heterocycles. The summed E-state index contributed by atoms with van der Waals surface area (Å²) >= 11 is 0. The smallest absolute Gasteiger partial charge is 0.124 e. The number of rotatable bonds is 6. The second-order valence-corrected chi connectivity index (χ2v) is 6.20. The topological polar surface area (TPSA) is 21.7 Å². The highest BCUT2D eigenvalue weighted by atomic mass is 16.5. The number of hydrogen-bond acceptors (Lipinski definition) is 3. The zero-order valence-electron chi connectivity index (χ0n) is 13.9. The quantitative estimate of drug-likeness (QED) is 0.746. The first-order chi connectivity index (χ1) is 10.1. The zero-order valence-corrected chi connectivity index (χ0v) is 13.9. The summed E-state index contributed by atoms with van der Waals surface area (Å²) in [6.45, 7) is 10.1. The van der Waals surface area contributed by atoms with Crippen molar-refractivity contribution in [2.45, 2.75) is 52.6 Å². The first kappa shape index (κ1) is 16.3. The van der Waals surface area contributed by atoms with Crippen molar-refractivity contribution in [3.05, 3.63) is 28.8 Å². The Hall–Kier alpha value is -1.06. The van der Waals surface area contributed by atoms with Gasteiger partial charge in [0.15, 0.2) is 0 Å². The average molecular weight is 291 g/mol. The van der Waals surface area contributed by atoms with Crippen molar-refractivity contribution in [2.75, 3.05) is 26.9 Å². The van der Waals surface area contributed by atoms with Gasteiger partial charge in [-0.15, -0.1) is 0 Å². The largest absolute Gasteiger partial charge is 0.491 e. The fraction of sp³-hybridized carbons (Fsp3) is 0.667. The Kier molecular flexibility index (Phi) is 6.07. The fourth-order valence-electron chi connectivity index (χ4n) is 2.95. The maximum Gasteiger partial charge on any atom is 0.124 e. The van der Waals surface area contributed by atoms with E-state index < -0.39 is 0 Å². The van der Waals surface area contributed by atoms with Crippen LogP contribution in [-0.2, 0) is 11.3 Å². The number of piperidine rings is 1. The van der Waals surface area contributed by atoms with Gasteiger partial charge in [-0.1, -0.05) is 12.5 Å². The van der Waals surface area contributed by atoms with Crippen LogP contribution in [0.1, 0.15) is 42.9 Å². The molecule has 0 aliphatic carbocycles. The zero-order chi connectivity index (χ0) is 15.2. The van der Waals surface area contributed by atoms with Gasteiger partial charge < -0.3 is 9.47 Å². The third kappa shape index (κ3) is 4.45. The number of nitrogens with zero attached hydrogens (tertiary/aromatic N) is 1. The Balaban J connectivity index is 2.13. The van der Waals surface area contributed by atoms with Gasteiger partial charge in [0.2, 0.25) is 0 Å². The van der Waals surface area contributed by atoms with Crippen LogP contribution in [0.3, 0.4) is 0 Å². The van der Waals surface area contributed by atoms with Crippen molar-refractivity contribution < 1.29 is 9.47 Å². The lowest BCUT2D eigenvalue weighted by Crippen LogP contribution is -2.36. The molecule has 0 spiro atoms. The van der Waals surface area contributed by atoms with Gasteiger partial charge in [-0.05, 0) is 57.4 Å². The standard InChI is InChI=1S/C18H29NO2/c1-14-11-17(13-19-8-6-5-7-16(19)3)18(12-15(14)2)21-10-9-20-4/h11-12,16H,5-10,13H2,1-4H3/t16-/m1/s1. The number of ether oxygens (including phenoxy) is 2. The molecule has 0 N–H and O–H groups in total. The van der Waals surface area contributed by atoms with Crippen LogP contribution < -0.4 is 4.74 Å². The Labute approximate surface area is 129 Å². The van der Waals surface area contributed by atoms with Gasteiger partial charge in [0, 0.05) is 25.3 Å². The monoisotopic (exact) mass is 291 g/mol. The molecule has 1 fully saturated rings. The number of aryl methyl sites for hydroxylation is 2. The van der Waals surface area contributed by atoms with Crippen LogP contribution in [-0.4, -0.2) is 37.8 Å². The van der Waals surface area contributed by atoms with E-state index in [1.807, 2.05) is 0 Å². The lowest BCUT2D eigenvalue weighted by atomic mass is 10.0. The molecule has 3 heteroatoms. The molecule has 0 amide bonds. The van der Waals surface area contributed by atoms with Crippen LogP contribution >= 0.6 is 0 Å². The molecule has 0 saturated carbocycles. The molecule has 1 aliphatic rings. The highest BCUT2D eigenvalue weighted by Gasteiger charge is 2.20. The summed E-state index contributed by atoms with van der Waals surface area (Å²) in [4.78, 5) is 2.58. The molecule has 0 radical (unpaired) electrons. The van der Waals surface area contributed by atoms with Gasteiger partial charge in [-0.2, -0.15) is 0 Å². The summed E-state index contributed by atoms with van der Waals surface area (Å²) in [5, 5.41) is 0. The summed E-state index contributed by atoms with van der Waals surface area (Å²) in [6.07, 6.45) is 3.99. The molecular formula is C18H29NO2. The van der Waals surface area contributed by atoms with Gasteiger partial charge in [0.05, 0.1) is 6.61 Å². The molecule has 2 rings (SSSR count). The number of benzene rings is 1. The normalized spacial score (nSPS) is 19.7. The van der Waals surface area contributed by atoms with Crippen LogP contribution in [0.5, 0.6) is 5.75 Å². The van der Waals surface area contributed by atoms with Crippen molar-refractivity contribution in [2.24, 2.45) is 0 Å². The molecule has 0 aromatic heterocycles. The third-order valence-corrected chi connectivity index (χ3v) is 4.54. The summed E-state index contributed by atoms with van der Waals surface area (Å²) in [7, 11) is 1.71. The van der Waals surface area contributed by atoms with Gasteiger partial charge in [0.1, 0.15) is 12.4 Å².